The zero-order chi connectivity index (χ0) is 23.4. The maximum Gasteiger partial charge on any atom is 0.243 e. The number of nitrogens with one attached hydrogen (secondary N) is 1. The number of amides is 2. The summed E-state index contributed by atoms with van der Waals surface area (Å²) in [6, 6.07) is 8.53. The Labute approximate surface area is 186 Å². The van der Waals surface area contributed by atoms with Crippen LogP contribution in [0.5, 0.6) is 0 Å². The molecule has 1 aromatic heterocycles. The Bertz CT molecular complexity index is 1040. The highest BCUT2D eigenvalue weighted by Crippen LogP contribution is 2.21. The Hall–Kier alpha value is -3.46. The molecule has 9 heteroatoms. The predicted molar refractivity (Wildman–Crippen MR) is 119 cm³/mol. The number of aryl methyl sites for hydroxylation is 1. The molecule has 1 aromatic carbocycles. The van der Waals surface area contributed by atoms with Crippen molar-refractivity contribution in [1.82, 2.24) is 15.4 Å². The number of aromatic nitrogens is 1. The van der Waals surface area contributed by atoms with Crippen LogP contribution >= 0.6 is 0 Å². The van der Waals surface area contributed by atoms with E-state index in [1.54, 1.807) is 26.8 Å². The lowest BCUT2D eigenvalue weighted by Crippen LogP contribution is -2.46. The fourth-order valence-corrected chi connectivity index (χ4v) is 3.95. The van der Waals surface area contributed by atoms with Gasteiger partial charge in [0.25, 0.3) is 0 Å². The SMILES string of the molecule is CC(=[NH2+])/C(=C(/C)N)c1ccc(CNC(=O)[C@@H]2CC(O)CN2C(=O)Cc2cc(C)no2)cc1. The van der Waals surface area contributed by atoms with Crippen molar-refractivity contribution in [3.05, 3.63) is 58.6 Å². The molecule has 0 aliphatic carbocycles. The van der Waals surface area contributed by atoms with Crippen LogP contribution in [0.15, 0.2) is 40.6 Å². The van der Waals surface area contributed by atoms with E-state index < -0.39 is 12.1 Å². The smallest absolute Gasteiger partial charge is 0.243 e. The van der Waals surface area contributed by atoms with Gasteiger partial charge >= 0.3 is 0 Å². The monoisotopic (exact) mass is 440 g/mol. The topological polar surface area (TPSA) is 147 Å². The summed E-state index contributed by atoms with van der Waals surface area (Å²) in [4.78, 5) is 26.9. The molecule has 2 heterocycles. The zero-order valence-electron chi connectivity index (χ0n) is 18.6. The predicted octanol–water partition coefficient (Wildman–Crippen LogP) is -0.287. The number of benzene rings is 1. The van der Waals surface area contributed by atoms with Crippen molar-refractivity contribution in [2.24, 2.45) is 5.73 Å². The third kappa shape index (κ3) is 5.42. The van der Waals surface area contributed by atoms with Gasteiger partial charge in [0.1, 0.15) is 11.8 Å². The van der Waals surface area contributed by atoms with Gasteiger partial charge in [-0.3, -0.25) is 15.0 Å². The van der Waals surface area contributed by atoms with Gasteiger partial charge in [-0.05, 0) is 25.0 Å². The van der Waals surface area contributed by atoms with Gasteiger partial charge in [0.15, 0.2) is 5.71 Å². The zero-order valence-corrected chi connectivity index (χ0v) is 18.6. The number of β-amino-alcohol motifs (C(OH)–C–C–N with tert-alkyl or cyclic N) is 1. The lowest BCUT2D eigenvalue weighted by atomic mass is 9.99. The fraction of sp³-hybridized carbons (Fsp3) is 0.391. The Morgan fingerprint density at radius 1 is 1.31 bits per heavy atom. The highest BCUT2D eigenvalue weighted by molar-refractivity contribution is 6.20. The van der Waals surface area contributed by atoms with E-state index in [-0.39, 0.29) is 31.2 Å². The average molecular weight is 441 g/mol. The summed E-state index contributed by atoms with van der Waals surface area (Å²) in [5, 5.41) is 22.6. The lowest BCUT2D eigenvalue weighted by Gasteiger charge is -2.23. The molecule has 0 radical (unpaired) electrons. The van der Waals surface area contributed by atoms with Gasteiger partial charge in [-0.1, -0.05) is 29.4 Å². The second-order valence-corrected chi connectivity index (χ2v) is 8.22. The molecule has 2 amide bonds. The maximum absolute atomic E-state index is 12.8. The molecule has 0 saturated carbocycles. The fourth-order valence-electron chi connectivity index (χ4n) is 3.95. The Morgan fingerprint density at radius 2 is 2.00 bits per heavy atom. The van der Waals surface area contributed by atoms with Crippen LogP contribution in [0.2, 0.25) is 0 Å². The van der Waals surface area contributed by atoms with Gasteiger partial charge in [0, 0.05) is 38.2 Å². The number of hydrogen-bond acceptors (Lipinski definition) is 6. The van der Waals surface area contributed by atoms with Crippen molar-refractivity contribution in [2.45, 2.75) is 52.3 Å². The Balaban J connectivity index is 1.62. The van der Waals surface area contributed by atoms with E-state index in [1.165, 1.54) is 4.90 Å². The minimum Gasteiger partial charge on any atom is -0.402 e. The van der Waals surface area contributed by atoms with Gasteiger partial charge in [-0.25, -0.2) is 0 Å². The first-order chi connectivity index (χ1) is 15.2. The van der Waals surface area contributed by atoms with Crippen LogP contribution in [0.4, 0.5) is 0 Å². The second-order valence-electron chi connectivity index (χ2n) is 8.22. The van der Waals surface area contributed by atoms with Crippen molar-refractivity contribution in [2.75, 3.05) is 6.54 Å². The van der Waals surface area contributed by atoms with Gasteiger partial charge in [-0.2, -0.15) is 0 Å². The Kier molecular flexibility index (Phi) is 7.09. The van der Waals surface area contributed by atoms with Crippen molar-refractivity contribution < 1.29 is 24.6 Å². The van der Waals surface area contributed by atoms with Crippen LogP contribution in [0.1, 0.15) is 42.8 Å². The number of hydrogen-bond donors (Lipinski definition) is 4. The molecule has 9 nitrogen and oxygen atoms in total. The largest absolute Gasteiger partial charge is 0.402 e. The van der Waals surface area contributed by atoms with Crippen LogP contribution in [0.25, 0.3) is 5.57 Å². The van der Waals surface area contributed by atoms with E-state index in [0.717, 1.165) is 16.7 Å². The number of carbonyl (C=O) groups excluding carboxylic acids is 2. The van der Waals surface area contributed by atoms with E-state index in [9.17, 15) is 14.7 Å². The quantitative estimate of drug-likeness (QED) is 0.435. The van der Waals surface area contributed by atoms with E-state index in [4.69, 9.17) is 15.7 Å². The van der Waals surface area contributed by atoms with Crippen molar-refractivity contribution in [1.29, 1.82) is 0 Å². The highest BCUT2D eigenvalue weighted by atomic mass is 16.5. The number of likely N-dealkylation sites (tertiary alicyclic amines) is 1. The molecule has 6 N–H and O–H groups in total. The van der Waals surface area contributed by atoms with Gasteiger partial charge in [-0.15, -0.1) is 0 Å². The maximum atomic E-state index is 12.8. The minimum atomic E-state index is -0.745. The first-order valence-corrected chi connectivity index (χ1v) is 10.5. The number of carbonyl (C=O) groups is 2. The summed E-state index contributed by atoms with van der Waals surface area (Å²) in [5.41, 5.74) is 10.5. The molecule has 1 aliphatic heterocycles. The molecule has 2 atom stereocenters. The average Bonchev–Trinajstić information content (AvgIpc) is 3.32. The summed E-state index contributed by atoms with van der Waals surface area (Å²) in [5.74, 6) is -0.163. The van der Waals surface area contributed by atoms with E-state index in [0.29, 0.717) is 29.4 Å². The van der Waals surface area contributed by atoms with Crippen molar-refractivity contribution in [3.8, 4) is 0 Å². The number of aliphatic hydroxyl groups excluding tert-OH is 1. The van der Waals surface area contributed by atoms with Gasteiger partial charge < -0.3 is 25.6 Å². The van der Waals surface area contributed by atoms with Gasteiger partial charge in [0.2, 0.25) is 11.8 Å². The number of aliphatic hydroxyl groups is 1. The first kappa shape index (κ1) is 23.2. The van der Waals surface area contributed by atoms with Crippen LogP contribution < -0.4 is 16.5 Å². The molecule has 1 unspecified atom stereocenters. The number of nitrogens with zero attached hydrogens (tertiary/aromatic N) is 2. The molecule has 1 aliphatic rings. The molecule has 1 saturated heterocycles. The molecule has 170 valence electrons. The van der Waals surface area contributed by atoms with Crippen molar-refractivity contribution >= 4 is 23.1 Å². The standard InChI is InChI=1S/C23H29N5O4/c1-13-8-19(32-27-13)10-21(30)28-12-18(29)9-20(28)23(31)26-11-16-4-6-17(7-5-16)22(14(2)24)15(3)25/h4-8,18,20,24,29H,9-12,25H2,1-3H3,(H,26,31)/p+1/b22-15+,24-14?/t18?,20-/m0/s1. The third-order valence-corrected chi connectivity index (χ3v) is 5.40. The van der Waals surface area contributed by atoms with E-state index in [2.05, 4.69) is 10.5 Å². The summed E-state index contributed by atoms with van der Waals surface area (Å²) < 4.78 is 5.10. The van der Waals surface area contributed by atoms with Crippen molar-refractivity contribution in [3.63, 3.8) is 0 Å². The molecule has 0 spiro atoms. The summed E-state index contributed by atoms with van der Waals surface area (Å²) >= 11 is 0. The normalized spacial score (nSPS) is 18.9. The lowest BCUT2D eigenvalue weighted by molar-refractivity contribution is -0.138. The number of nitrogens with two attached hydrogens (primary N) is 2. The molecular formula is C23H30N5O4+. The van der Waals surface area contributed by atoms with Crippen LogP contribution in [-0.4, -0.2) is 51.4 Å². The molecule has 0 bridgehead atoms. The Morgan fingerprint density at radius 3 is 2.56 bits per heavy atom. The van der Waals surface area contributed by atoms with E-state index >= 15 is 0 Å². The summed E-state index contributed by atoms with van der Waals surface area (Å²) in [6.07, 6.45) is -0.556. The molecule has 1 fully saturated rings. The van der Waals surface area contributed by atoms with E-state index in [1.807, 2.05) is 24.3 Å². The van der Waals surface area contributed by atoms with Crippen LogP contribution in [0.3, 0.4) is 0 Å². The highest BCUT2D eigenvalue weighted by Gasteiger charge is 2.38. The summed E-state index contributed by atoms with van der Waals surface area (Å²) in [6.45, 7) is 5.77. The van der Waals surface area contributed by atoms with Crippen LogP contribution in [-0.2, 0) is 22.6 Å². The molecular weight excluding hydrogens is 410 g/mol. The van der Waals surface area contributed by atoms with Gasteiger partial charge in [0.05, 0.1) is 23.8 Å². The molecule has 2 aromatic rings. The molecule has 3 rings (SSSR count). The third-order valence-electron chi connectivity index (χ3n) is 5.40. The van der Waals surface area contributed by atoms with Crippen LogP contribution in [0, 0.1) is 6.92 Å². The number of rotatable bonds is 7. The second kappa shape index (κ2) is 9.78. The first-order valence-electron chi connectivity index (χ1n) is 10.5. The molecule has 32 heavy (non-hydrogen) atoms. The number of allylic oxidation sites excluding steroid dienone is 2. The minimum absolute atomic E-state index is 0.00715. The summed E-state index contributed by atoms with van der Waals surface area (Å²) in [7, 11) is 0.